The van der Waals surface area contributed by atoms with E-state index in [1.165, 1.54) is 0 Å². The van der Waals surface area contributed by atoms with Crippen LogP contribution in [-0.4, -0.2) is 17.6 Å². The van der Waals surface area contributed by atoms with Crippen molar-refractivity contribution < 1.29 is 14.3 Å². The lowest BCUT2D eigenvalue weighted by Gasteiger charge is -2.21. The Balaban J connectivity index is 2.23. The molecule has 106 valence electrons. The summed E-state index contributed by atoms with van der Waals surface area (Å²) in [5, 5.41) is 9.05. The lowest BCUT2D eigenvalue weighted by atomic mass is 10.2. The minimum atomic E-state index is -0.879. The molecule has 2 rings (SSSR count). The molecule has 0 atom stereocenters. The van der Waals surface area contributed by atoms with Crippen LogP contribution in [0.1, 0.15) is 11.3 Å². The first-order valence-corrected chi connectivity index (χ1v) is 7.51. The van der Waals surface area contributed by atoms with Crippen molar-refractivity contribution in [1.82, 2.24) is 0 Å². The smallest absolute Gasteiger partial charge is 0.323 e. The predicted octanol–water partition coefficient (Wildman–Crippen LogP) is 4.20. The summed E-state index contributed by atoms with van der Waals surface area (Å²) in [4.78, 5) is 12.8. The third-order valence-corrected chi connectivity index (χ3v) is 4.48. The molecule has 0 unspecified atom stereocenters. The number of furan rings is 1. The lowest BCUT2D eigenvalue weighted by Crippen LogP contribution is -2.28. The summed E-state index contributed by atoms with van der Waals surface area (Å²) in [6.07, 6.45) is 0. The normalized spacial score (nSPS) is 10.6. The molecule has 0 aliphatic carbocycles. The van der Waals surface area contributed by atoms with Gasteiger partial charge in [-0.25, -0.2) is 0 Å². The fraction of sp³-hybridized carbons (Fsp3) is 0.214. The highest BCUT2D eigenvalue weighted by Crippen LogP contribution is 2.28. The Labute approximate surface area is 133 Å². The van der Waals surface area contributed by atoms with Crippen LogP contribution in [0, 0.1) is 6.92 Å². The van der Waals surface area contributed by atoms with E-state index in [0.717, 1.165) is 15.7 Å². The van der Waals surface area contributed by atoms with Crippen LogP contribution in [0.2, 0.25) is 0 Å². The molecule has 0 amide bonds. The van der Waals surface area contributed by atoms with Gasteiger partial charge < -0.3 is 14.4 Å². The molecule has 2 aromatic rings. The van der Waals surface area contributed by atoms with Crippen LogP contribution in [0.5, 0.6) is 0 Å². The molecule has 0 saturated heterocycles. The van der Waals surface area contributed by atoms with Gasteiger partial charge in [0.15, 0.2) is 4.67 Å². The van der Waals surface area contributed by atoms with Gasteiger partial charge in [-0.1, -0.05) is 17.7 Å². The van der Waals surface area contributed by atoms with Crippen molar-refractivity contribution in [2.24, 2.45) is 0 Å². The maximum absolute atomic E-state index is 11.0. The van der Waals surface area contributed by atoms with Crippen LogP contribution in [-0.2, 0) is 11.3 Å². The molecule has 0 spiro atoms. The highest BCUT2D eigenvalue weighted by atomic mass is 79.9. The molecular weight excluding hydrogens is 390 g/mol. The second kappa shape index (κ2) is 6.45. The molecule has 0 bridgehead atoms. The second-order valence-electron chi connectivity index (χ2n) is 4.42. The third kappa shape index (κ3) is 3.86. The summed E-state index contributed by atoms with van der Waals surface area (Å²) in [5.74, 6) is -0.194. The fourth-order valence-corrected chi connectivity index (χ4v) is 2.47. The van der Waals surface area contributed by atoms with E-state index in [0.29, 0.717) is 17.0 Å². The van der Waals surface area contributed by atoms with E-state index in [1.54, 1.807) is 4.90 Å². The number of benzene rings is 1. The van der Waals surface area contributed by atoms with Crippen molar-refractivity contribution in [3.63, 3.8) is 0 Å². The zero-order valence-corrected chi connectivity index (χ0v) is 13.9. The Bertz CT molecular complexity index is 588. The Hall–Kier alpha value is -1.27. The van der Waals surface area contributed by atoms with Gasteiger partial charge in [0.25, 0.3) is 0 Å². The maximum Gasteiger partial charge on any atom is 0.323 e. The number of carboxylic acids is 1. The average molecular weight is 403 g/mol. The number of nitrogens with zero attached hydrogens (tertiary/aromatic N) is 1. The van der Waals surface area contributed by atoms with Gasteiger partial charge >= 0.3 is 5.97 Å². The van der Waals surface area contributed by atoms with Gasteiger partial charge in [0.1, 0.15) is 12.3 Å². The van der Waals surface area contributed by atoms with E-state index >= 15 is 0 Å². The highest BCUT2D eigenvalue weighted by molar-refractivity contribution is 9.13. The van der Waals surface area contributed by atoms with Crippen LogP contribution in [0.3, 0.4) is 0 Å². The summed E-state index contributed by atoms with van der Waals surface area (Å²) in [5.41, 5.74) is 1.98. The summed E-state index contributed by atoms with van der Waals surface area (Å²) in [6.45, 7) is 2.30. The number of rotatable bonds is 5. The van der Waals surface area contributed by atoms with E-state index in [4.69, 9.17) is 9.52 Å². The van der Waals surface area contributed by atoms with Gasteiger partial charge in [0.05, 0.1) is 11.0 Å². The van der Waals surface area contributed by atoms with Crippen LogP contribution < -0.4 is 4.90 Å². The quantitative estimate of drug-likeness (QED) is 0.813. The zero-order chi connectivity index (χ0) is 14.7. The van der Waals surface area contributed by atoms with Crippen LogP contribution >= 0.6 is 31.9 Å². The van der Waals surface area contributed by atoms with Crippen molar-refractivity contribution in [1.29, 1.82) is 0 Å². The van der Waals surface area contributed by atoms with Gasteiger partial charge in [0, 0.05) is 5.69 Å². The van der Waals surface area contributed by atoms with E-state index in [9.17, 15) is 4.79 Å². The topological polar surface area (TPSA) is 53.7 Å². The van der Waals surface area contributed by atoms with Gasteiger partial charge in [-0.2, -0.15) is 0 Å². The maximum atomic E-state index is 11.0. The monoisotopic (exact) mass is 401 g/mol. The summed E-state index contributed by atoms with van der Waals surface area (Å²) >= 11 is 6.62. The second-order valence-corrected chi connectivity index (χ2v) is 5.99. The van der Waals surface area contributed by atoms with Crippen molar-refractivity contribution in [2.45, 2.75) is 13.5 Å². The zero-order valence-electron chi connectivity index (χ0n) is 10.8. The molecule has 0 aliphatic rings. The summed E-state index contributed by atoms with van der Waals surface area (Å²) < 4.78 is 6.92. The molecule has 1 aromatic carbocycles. The first-order valence-electron chi connectivity index (χ1n) is 5.93. The number of anilines is 1. The lowest BCUT2D eigenvalue weighted by molar-refractivity contribution is -0.135. The SMILES string of the molecule is Cc1ccc(N(CC(=O)O)Cc2cc(Br)c(Br)o2)cc1. The molecule has 1 N–H and O–H groups in total. The van der Waals surface area contributed by atoms with E-state index in [1.807, 2.05) is 37.3 Å². The minimum Gasteiger partial charge on any atom is -0.480 e. The van der Waals surface area contributed by atoms with Gasteiger partial charge in [-0.05, 0) is 57.0 Å². The standard InChI is InChI=1S/C14H13Br2NO3/c1-9-2-4-10(5-3-9)17(8-13(18)19)7-11-6-12(15)14(16)20-11/h2-6H,7-8H2,1H3,(H,18,19). The van der Waals surface area contributed by atoms with Gasteiger partial charge in [0.2, 0.25) is 0 Å². The van der Waals surface area contributed by atoms with E-state index in [2.05, 4.69) is 31.9 Å². The van der Waals surface area contributed by atoms with Crippen molar-refractivity contribution in [3.8, 4) is 0 Å². The molecule has 4 nitrogen and oxygen atoms in total. The van der Waals surface area contributed by atoms with Crippen molar-refractivity contribution in [2.75, 3.05) is 11.4 Å². The first kappa shape index (κ1) is 15.1. The van der Waals surface area contributed by atoms with Crippen LogP contribution in [0.15, 0.2) is 43.9 Å². The summed E-state index contributed by atoms with van der Waals surface area (Å²) in [6, 6.07) is 9.56. The number of aliphatic carboxylic acids is 1. The highest BCUT2D eigenvalue weighted by Gasteiger charge is 2.15. The largest absolute Gasteiger partial charge is 0.480 e. The van der Waals surface area contributed by atoms with Crippen LogP contribution in [0.4, 0.5) is 5.69 Å². The minimum absolute atomic E-state index is 0.0843. The Morgan fingerprint density at radius 1 is 1.30 bits per heavy atom. The number of hydrogen-bond donors (Lipinski definition) is 1. The van der Waals surface area contributed by atoms with Crippen molar-refractivity contribution in [3.05, 3.63) is 50.8 Å². The van der Waals surface area contributed by atoms with E-state index < -0.39 is 5.97 Å². The number of hydrogen-bond acceptors (Lipinski definition) is 3. The molecular formula is C14H13Br2NO3. The average Bonchev–Trinajstić information content (AvgIpc) is 2.68. The Kier molecular flexibility index (Phi) is 4.88. The van der Waals surface area contributed by atoms with Crippen LogP contribution in [0.25, 0.3) is 0 Å². The molecule has 1 aromatic heterocycles. The number of halogens is 2. The fourth-order valence-electron chi connectivity index (χ4n) is 1.81. The van der Waals surface area contributed by atoms with E-state index in [-0.39, 0.29) is 6.54 Å². The molecule has 0 fully saturated rings. The Morgan fingerprint density at radius 3 is 2.45 bits per heavy atom. The van der Waals surface area contributed by atoms with Gasteiger partial charge in [-0.3, -0.25) is 4.79 Å². The molecule has 6 heteroatoms. The number of carboxylic acid groups (broad SMARTS) is 1. The molecule has 0 aliphatic heterocycles. The van der Waals surface area contributed by atoms with Gasteiger partial charge in [-0.15, -0.1) is 0 Å². The number of carbonyl (C=O) groups is 1. The first-order chi connectivity index (χ1) is 9.45. The molecule has 1 heterocycles. The molecule has 20 heavy (non-hydrogen) atoms. The summed E-state index contributed by atoms with van der Waals surface area (Å²) in [7, 11) is 0. The molecule has 0 radical (unpaired) electrons. The van der Waals surface area contributed by atoms with Crippen molar-refractivity contribution >= 4 is 43.5 Å². The predicted molar refractivity (Wildman–Crippen MR) is 84.0 cm³/mol. The third-order valence-electron chi connectivity index (χ3n) is 2.77. The Morgan fingerprint density at radius 2 is 1.95 bits per heavy atom. The number of aryl methyl sites for hydroxylation is 1. The molecule has 0 saturated carbocycles.